The number of rotatable bonds is 5. The van der Waals surface area contributed by atoms with E-state index in [0.717, 1.165) is 47.0 Å². The van der Waals surface area contributed by atoms with Gasteiger partial charge in [0.15, 0.2) is 4.80 Å². The van der Waals surface area contributed by atoms with E-state index in [1.54, 1.807) is 22.5 Å². The van der Waals surface area contributed by atoms with Gasteiger partial charge in [0.25, 0.3) is 5.91 Å². The fraction of sp³-hybridized carbons (Fsp3) is 0.360. The summed E-state index contributed by atoms with van der Waals surface area (Å²) in [7, 11) is -3.55. The Balaban J connectivity index is 1.67. The van der Waals surface area contributed by atoms with Gasteiger partial charge < -0.3 is 4.57 Å². The highest BCUT2D eigenvalue weighted by atomic mass is 32.2. The van der Waals surface area contributed by atoms with Crippen LogP contribution in [0.15, 0.2) is 58.9 Å². The van der Waals surface area contributed by atoms with Gasteiger partial charge in [-0.15, -0.1) is 6.58 Å². The van der Waals surface area contributed by atoms with Crippen LogP contribution in [-0.2, 0) is 16.6 Å². The zero-order chi connectivity index (χ0) is 23.6. The molecule has 8 heteroatoms. The molecule has 1 fully saturated rings. The predicted octanol–water partition coefficient (Wildman–Crippen LogP) is 4.81. The van der Waals surface area contributed by atoms with Crippen molar-refractivity contribution in [3.8, 4) is 0 Å². The van der Waals surface area contributed by atoms with Crippen molar-refractivity contribution < 1.29 is 13.2 Å². The van der Waals surface area contributed by atoms with Crippen LogP contribution in [0.2, 0.25) is 0 Å². The lowest BCUT2D eigenvalue weighted by Gasteiger charge is -2.19. The van der Waals surface area contributed by atoms with E-state index in [0.29, 0.717) is 30.0 Å². The molecule has 0 aliphatic carbocycles. The van der Waals surface area contributed by atoms with Crippen LogP contribution in [-0.4, -0.2) is 36.3 Å². The van der Waals surface area contributed by atoms with Gasteiger partial charge in [-0.1, -0.05) is 36.3 Å². The molecule has 1 aliphatic heterocycles. The highest BCUT2D eigenvalue weighted by Gasteiger charge is 2.25. The second-order valence-corrected chi connectivity index (χ2v) is 11.4. The Morgan fingerprint density at radius 1 is 1.09 bits per heavy atom. The largest absolute Gasteiger partial charge is 0.312 e. The van der Waals surface area contributed by atoms with Gasteiger partial charge in [-0.05, 0) is 68.1 Å². The normalized spacial score (nSPS) is 16.1. The predicted molar refractivity (Wildman–Crippen MR) is 133 cm³/mol. The molecule has 2 aromatic carbocycles. The number of hydrogen-bond donors (Lipinski definition) is 0. The van der Waals surface area contributed by atoms with Crippen molar-refractivity contribution in [1.82, 2.24) is 8.87 Å². The summed E-state index contributed by atoms with van der Waals surface area (Å²) in [6.07, 6.45) is 5.67. The van der Waals surface area contributed by atoms with Gasteiger partial charge in [0.1, 0.15) is 0 Å². The molecular formula is C25H29N3O3S2. The lowest BCUT2D eigenvalue weighted by molar-refractivity contribution is 0.0997. The van der Waals surface area contributed by atoms with E-state index < -0.39 is 15.9 Å². The molecule has 0 spiro atoms. The van der Waals surface area contributed by atoms with E-state index in [1.807, 2.05) is 11.5 Å². The molecule has 4 rings (SSSR count). The number of nitrogens with zero attached hydrogens (tertiary/aromatic N) is 3. The van der Waals surface area contributed by atoms with Gasteiger partial charge in [0.2, 0.25) is 10.0 Å². The molecule has 2 heterocycles. The lowest BCUT2D eigenvalue weighted by Crippen LogP contribution is -2.31. The van der Waals surface area contributed by atoms with Gasteiger partial charge in [0, 0.05) is 25.2 Å². The van der Waals surface area contributed by atoms with Crippen LogP contribution in [0.1, 0.15) is 47.2 Å². The molecule has 3 aromatic rings. The van der Waals surface area contributed by atoms with E-state index in [1.165, 1.54) is 23.5 Å². The first-order valence-electron chi connectivity index (χ1n) is 11.2. The zero-order valence-corrected chi connectivity index (χ0v) is 20.7. The van der Waals surface area contributed by atoms with Gasteiger partial charge in [0.05, 0.1) is 15.1 Å². The molecule has 33 heavy (non-hydrogen) atoms. The Kier molecular flexibility index (Phi) is 6.97. The second kappa shape index (κ2) is 9.75. The maximum absolute atomic E-state index is 13.0. The molecule has 174 valence electrons. The van der Waals surface area contributed by atoms with Gasteiger partial charge >= 0.3 is 0 Å². The molecule has 0 saturated carbocycles. The Bertz CT molecular complexity index is 1360. The molecule has 0 atom stereocenters. The van der Waals surface area contributed by atoms with Crippen LogP contribution < -0.4 is 4.80 Å². The first-order chi connectivity index (χ1) is 15.8. The molecule has 1 saturated heterocycles. The van der Waals surface area contributed by atoms with E-state index in [9.17, 15) is 13.2 Å². The van der Waals surface area contributed by atoms with Gasteiger partial charge in [-0.3, -0.25) is 4.79 Å². The number of aryl methyl sites for hydroxylation is 2. The number of allylic oxidation sites excluding steroid dienone is 1. The minimum atomic E-state index is -3.55. The van der Waals surface area contributed by atoms with E-state index in [-0.39, 0.29) is 4.90 Å². The first-order valence-corrected chi connectivity index (χ1v) is 13.5. The maximum atomic E-state index is 13.0. The summed E-state index contributed by atoms with van der Waals surface area (Å²) in [6.45, 7) is 9.58. The molecule has 0 unspecified atom stereocenters. The molecule has 0 N–H and O–H groups in total. The monoisotopic (exact) mass is 483 g/mol. The van der Waals surface area contributed by atoms with E-state index in [4.69, 9.17) is 0 Å². The minimum Gasteiger partial charge on any atom is -0.312 e. The summed E-state index contributed by atoms with van der Waals surface area (Å²) in [5.74, 6) is -0.396. The fourth-order valence-corrected chi connectivity index (χ4v) is 6.86. The van der Waals surface area contributed by atoms with Crippen molar-refractivity contribution >= 4 is 37.5 Å². The number of benzene rings is 2. The van der Waals surface area contributed by atoms with Crippen LogP contribution in [0.25, 0.3) is 10.2 Å². The smallest absolute Gasteiger partial charge is 0.279 e. The van der Waals surface area contributed by atoms with Crippen LogP contribution in [0.4, 0.5) is 0 Å². The van der Waals surface area contributed by atoms with E-state index in [2.05, 4.69) is 30.6 Å². The summed E-state index contributed by atoms with van der Waals surface area (Å²) in [5.41, 5.74) is 3.68. The van der Waals surface area contributed by atoms with Crippen molar-refractivity contribution in [2.24, 2.45) is 4.99 Å². The molecular weight excluding hydrogens is 454 g/mol. The summed E-state index contributed by atoms with van der Waals surface area (Å²) < 4.78 is 30.6. The van der Waals surface area contributed by atoms with Crippen molar-refractivity contribution in [3.05, 3.63) is 70.5 Å². The van der Waals surface area contributed by atoms with E-state index >= 15 is 0 Å². The fourth-order valence-electron chi connectivity index (χ4n) is 4.26. The number of amides is 1. The highest BCUT2D eigenvalue weighted by Crippen LogP contribution is 2.24. The summed E-state index contributed by atoms with van der Waals surface area (Å²) in [5, 5.41) is 0. The zero-order valence-electron chi connectivity index (χ0n) is 19.1. The molecule has 0 bridgehead atoms. The van der Waals surface area contributed by atoms with Crippen LogP contribution in [0.5, 0.6) is 0 Å². The topological polar surface area (TPSA) is 71.7 Å². The number of aromatic nitrogens is 1. The number of hydrogen-bond acceptors (Lipinski definition) is 4. The minimum absolute atomic E-state index is 0.218. The lowest BCUT2D eigenvalue weighted by atomic mass is 10.1. The van der Waals surface area contributed by atoms with Crippen molar-refractivity contribution in [3.63, 3.8) is 0 Å². The average molecular weight is 484 g/mol. The number of carbonyl (C=O) groups is 1. The molecule has 1 aromatic heterocycles. The first kappa shape index (κ1) is 23.6. The number of fused-ring (bicyclic) bond motifs is 1. The molecule has 1 aliphatic rings. The third-order valence-corrected chi connectivity index (χ3v) is 9.07. The second-order valence-electron chi connectivity index (χ2n) is 8.47. The Morgan fingerprint density at radius 2 is 1.76 bits per heavy atom. The standard InChI is InChI=1S/C25H29N3O3S2/c1-4-13-28-22-17-18(2)16-19(3)23(22)32-25(28)26-24(29)20-9-11-21(12-10-20)33(30,31)27-14-7-5-6-8-15-27/h4,9-12,16-17H,1,5-8,13-15H2,2-3H3. The summed E-state index contributed by atoms with van der Waals surface area (Å²) in [6, 6.07) is 10.3. The van der Waals surface area contributed by atoms with Crippen molar-refractivity contribution in [2.75, 3.05) is 13.1 Å². The summed E-state index contributed by atoms with van der Waals surface area (Å²) in [4.78, 5) is 18.2. The molecule has 6 nitrogen and oxygen atoms in total. The highest BCUT2D eigenvalue weighted by molar-refractivity contribution is 7.89. The van der Waals surface area contributed by atoms with Gasteiger partial charge in [-0.25, -0.2) is 8.42 Å². The Hall–Kier alpha value is -2.55. The van der Waals surface area contributed by atoms with Gasteiger partial charge in [-0.2, -0.15) is 9.30 Å². The average Bonchev–Trinajstić information content (AvgIpc) is 2.96. The van der Waals surface area contributed by atoms with Crippen molar-refractivity contribution in [1.29, 1.82) is 0 Å². The van der Waals surface area contributed by atoms with Crippen molar-refractivity contribution in [2.45, 2.75) is 51.0 Å². The SMILES string of the molecule is C=CCn1c(=NC(=O)c2ccc(S(=O)(=O)N3CCCCCC3)cc2)sc2c(C)cc(C)cc21. The Morgan fingerprint density at radius 3 is 2.39 bits per heavy atom. The number of carbonyl (C=O) groups excluding carboxylic acids is 1. The van der Waals surface area contributed by atoms with Crippen LogP contribution >= 0.6 is 11.3 Å². The molecule has 0 radical (unpaired) electrons. The third-order valence-electron chi connectivity index (χ3n) is 5.93. The number of thiazole rings is 1. The summed E-state index contributed by atoms with van der Waals surface area (Å²) >= 11 is 1.48. The molecule has 1 amide bonds. The maximum Gasteiger partial charge on any atom is 0.279 e. The number of sulfonamides is 1. The third kappa shape index (κ3) is 4.88. The quantitative estimate of drug-likeness (QED) is 0.489. The Labute approximate surface area is 199 Å². The van der Waals surface area contributed by atoms with Crippen LogP contribution in [0.3, 0.4) is 0 Å². The van der Waals surface area contributed by atoms with Crippen LogP contribution in [0, 0.1) is 13.8 Å².